The third-order valence-electron chi connectivity index (χ3n) is 4.31. The van der Waals surface area contributed by atoms with Crippen LogP contribution in [0.1, 0.15) is 6.42 Å². The van der Waals surface area contributed by atoms with Gasteiger partial charge in [-0.3, -0.25) is 4.79 Å². The smallest absolute Gasteiger partial charge is 0.225 e. The van der Waals surface area contributed by atoms with E-state index in [0.717, 1.165) is 0 Å². The van der Waals surface area contributed by atoms with Crippen molar-refractivity contribution in [1.82, 2.24) is 24.1 Å². The van der Waals surface area contributed by atoms with Crippen LogP contribution in [0.2, 0.25) is 0 Å². The molecule has 1 fully saturated rings. The standard InChI is InChI=1S/C16H28N6O3S/c1-19(2)9-14-22(26(3,24)25)8-5-15(23)20-10-12-21(13-11-20)16-17-6-4-7-18-16/h4,6-7H,5,8-14H2,1-3H3. The second-order valence-electron chi connectivity index (χ2n) is 6.63. The van der Waals surface area contributed by atoms with Crippen molar-refractivity contribution in [2.45, 2.75) is 6.42 Å². The van der Waals surface area contributed by atoms with E-state index in [1.807, 2.05) is 23.9 Å². The average Bonchev–Trinajstić information content (AvgIpc) is 2.61. The van der Waals surface area contributed by atoms with Gasteiger partial charge in [0.05, 0.1) is 6.26 Å². The van der Waals surface area contributed by atoms with E-state index < -0.39 is 10.0 Å². The van der Waals surface area contributed by atoms with Crippen molar-refractivity contribution in [2.24, 2.45) is 0 Å². The van der Waals surface area contributed by atoms with E-state index >= 15 is 0 Å². The first-order valence-corrected chi connectivity index (χ1v) is 10.5. The molecular formula is C16H28N6O3S. The molecule has 0 aliphatic carbocycles. The van der Waals surface area contributed by atoms with Crippen LogP contribution in [0.3, 0.4) is 0 Å². The van der Waals surface area contributed by atoms with E-state index in [0.29, 0.717) is 45.2 Å². The van der Waals surface area contributed by atoms with Crippen molar-refractivity contribution in [3.63, 3.8) is 0 Å². The summed E-state index contributed by atoms with van der Waals surface area (Å²) in [5, 5.41) is 0. The van der Waals surface area contributed by atoms with Crippen molar-refractivity contribution in [2.75, 3.05) is 71.1 Å². The quantitative estimate of drug-likeness (QED) is 0.588. The summed E-state index contributed by atoms with van der Waals surface area (Å²) in [7, 11) is 0.460. The maximum atomic E-state index is 12.5. The van der Waals surface area contributed by atoms with Gasteiger partial charge in [-0.1, -0.05) is 0 Å². The number of carbonyl (C=O) groups is 1. The number of aromatic nitrogens is 2. The normalized spacial score (nSPS) is 15.7. The number of hydrogen-bond acceptors (Lipinski definition) is 7. The van der Waals surface area contributed by atoms with Gasteiger partial charge in [0.2, 0.25) is 21.9 Å². The summed E-state index contributed by atoms with van der Waals surface area (Å²) in [6, 6.07) is 1.77. The predicted molar refractivity (Wildman–Crippen MR) is 100 cm³/mol. The Balaban J connectivity index is 1.82. The lowest BCUT2D eigenvalue weighted by atomic mass is 10.3. The molecule has 26 heavy (non-hydrogen) atoms. The SMILES string of the molecule is CN(C)CCN(CCC(=O)N1CCN(c2ncccn2)CC1)S(C)(=O)=O. The summed E-state index contributed by atoms with van der Waals surface area (Å²) < 4.78 is 25.2. The van der Waals surface area contributed by atoms with Crippen molar-refractivity contribution >= 4 is 21.9 Å². The number of rotatable bonds is 8. The summed E-state index contributed by atoms with van der Waals surface area (Å²) in [6.07, 6.45) is 4.79. The highest BCUT2D eigenvalue weighted by Crippen LogP contribution is 2.11. The molecule has 0 bridgehead atoms. The van der Waals surface area contributed by atoms with Crippen LogP contribution in [0.25, 0.3) is 0 Å². The number of amides is 1. The van der Waals surface area contributed by atoms with Crippen LogP contribution in [0.5, 0.6) is 0 Å². The predicted octanol–water partition coefficient (Wildman–Crippen LogP) is -0.661. The highest BCUT2D eigenvalue weighted by atomic mass is 32.2. The first kappa shape index (κ1) is 20.5. The zero-order valence-electron chi connectivity index (χ0n) is 15.7. The highest BCUT2D eigenvalue weighted by Gasteiger charge is 2.24. The van der Waals surface area contributed by atoms with E-state index in [9.17, 15) is 13.2 Å². The molecule has 1 aromatic rings. The Labute approximate surface area is 155 Å². The molecular weight excluding hydrogens is 356 g/mol. The monoisotopic (exact) mass is 384 g/mol. The number of sulfonamides is 1. The van der Waals surface area contributed by atoms with Gasteiger partial charge < -0.3 is 14.7 Å². The van der Waals surface area contributed by atoms with Gasteiger partial charge in [-0.25, -0.2) is 22.7 Å². The number of carbonyl (C=O) groups excluding carboxylic acids is 1. The second kappa shape index (κ2) is 9.24. The molecule has 146 valence electrons. The minimum Gasteiger partial charge on any atom is -0.339 e. The Morgan fingerprint density at radius 3 is 2.23 bits per heavy atom. The van der Waals surface area contributed by atoms with Crippen LogP contribution in [0.4, 0.5) is 5.95 Å². The number of likely N-dealkylation sites (N-methyl/N-ethyl adjacent to an activating group) is 1. The fraction of sp³-hybridized carbons (Fsp3) is 0.688. The lowest BCUT2D eigenvalue weighted by molar-refractivity contribution is -0.131. The van der Waals surface area contributed by atoms with E-state index in [-0.39, 0.29) is 18.9 Å². The highest BCUT2D eigenvalue weighted by molar-refractivity contribution is 7.88. The van der Waals surface area contributed by atoms with Gasteiger partial charge in [0.15, 0.2) is 0 Å². The molecule has 1 amide bonds. The summed E-state index contributed by atoms with van der Waals surface area (Å²) in [4.78, 5) is 26.7. The third-order valence-corrected chi connectivity index (χ3v) is 5.61. The van der Waals surface area contributed by atoms with Crippen LogP contribution in [0, 0.1) is 0 Å². The first-order chi connectivity index (χ1) is 12.3. The minimum atomic E-state index is -3.32. The molecule has 0 aromatic carbocycles. The van der Waals surface area contributed by atoms with Gasteiger partial charge in [-0.05, 0) is 20.2 Å². The van der Waals surface area contributed by atoms with Crippen LogP contribution in [-0.2, 0) is 14.8 Å². The van der Waals surface area contributed by atoms with Crippen LogP contribution >= 0.6 is 0 Å². The molecule has 1 saturated heterocycles. The number of piperazine rings is 1. The number of hydrogen-bond donors (Lipinski definition) is 0. The van der Waals surface area contributed by atoms with Crippen molar-refractivity contribution < 1.29 is 13.2 Å². The van der Waals surface area contributed by atoms with Gasteiger partial charge >= 0.3 is 0 Å². The minimum absolute atomic E-state index is 0.0165. The average molecular weight is 385 g/mol. The van der Waals surface area contributed by atoms with E-state index in [2.05, 4.69) is 9.97 Å². The molecule has 0 saturated carbocycles. The molecule has 1 aliphatic rings. The molecule has 2 rings (SSSR count). The largest absolute Gasteiger partial charge is 0.339 e. The van der Waals surface area contributed by atoms with E-state index in [1.54, 1.807) is 23.4 Å². The van der Waals surface area contributed by atoms with Crippen molar-refractivity contribution in [3.8, 4) is 0 Å². The maximum Gasteiger partial charge on any atom is 0.225 e. The van der Waals surface area contributed by atoms with Crippen LogP contribution in [0.15, 0.2) is 18.5 Å². The van der Waals surface area contributed by atoms with Gasteiger partial charge in [-0.2, -0.15) is 0 Å². The zero-order chi connectivity index (χ0) is 19.2. The summed E-state index contributed by atoms with van der Waals surface area (Å²) in [5.74, 6) is 0.656. The molecule has 0 radical (unpaired) electrons. The van der Waals surface area contributed by atoms with E-state index in [1.165, 1.54) is 10.6 Å². The van der Waals surface area contributed by atoms with Gasteiger partial charge in [0, 0.05) is 64.6 Å². The molecule has 1 aliphatic heterocycles. The Morgan fingerprint density at radius 1 is 1.08 bits per heavy atom. The van der Waals surface area contributed by atoms with Gasteiger partial charge in [-0.15, -0.1) is 0 Å². The van der Waals surface area contributed by atoms with Crippen LogP contribution in [-0.4, -0.2) is 105 Å². The summed E-state index contributed by atoms with van der Waals surface area (Å²) in [6.45, 7) is 3.75. The fourth-order valence-electron chi connectivity index (χ4n) is 2.74. The molecule has 0 atom stereocenters. The fourth-order valence-corrected chi connectivity index (χ4v) is 3.58. The number of nitrogens with zero attached hydrogens (tertiary/aromatic N) is 6. The maximum absolute atomic E-state index is 12.5. The second-order valence-corrected chi connectivity index (χ2v) is 8.61. The van der Waals surface area contributed by atoms with Crippen molar-refractivity contribution in [3.05, 3.63) is 18.5 Å². The molecule has 2 heterocycles. The lowest BCUT2D eigenvalue weighted by Crippen LogP contribution is -2.50. The van der Waals surface area contributed by atoms with Gasteiger partial charge in [0.25, 0.3) is 0 Å². The van der Waals surface area contributed by atoms with Gasteiger partial charge in [0.1, 0.15) is 0 Å². The summed E-state index contributed by atoms with van der Waals surface area (Å²) >= 11 is 0. The molecule has 1 aromatic heterocycles. The Morgan fingerprint density at radius 2 is 1.69 bits per heavy atom. The Bertz CT molecular complexity index is 674. The van der Waals surface area contributed by atoms with Crippen molar-refractivity contribution in [1.29, 1.82) is 0 Å². The molecule has 0 unspecified atom stereocenters. The first-order valence-electron chi connectivity index (χ1n) is 8.67. The number of anilines is 1. The lowest BCUT2D eigenvalue weighted by Gasteiger charge is -2.35. The topological polar surface area (TPSA) is 89.9 Å². The Hall–Kier alpha value is -1.78. The molecule has 0 N–H and O–H groups in total. The molecule has 0 spiro atoms. The van der Waals surface area contributed by atoms with E-state index in [4.69, 9.17) is 0 Å². The summed E-state index contributed by atoms with van der Waals surface area (Å²) in [5.41, 5.74) is 0. The Kier molecular flexibility index (Phi) is 7.30. The van der Waals surface area contributed by atoms with Crippen LogP contribution < -0.4 is 4.90 Å². The molecule has 9 nitrogen and oxygen atoms in total. The third kappa shape index (κ3) is 6.19. The zero-order valence-corrected chi connectivity index (χ0v) is 16.5. The molecule has 10 heteroatoms.